The lowest BCUT2D eigenvalue weighted by Gasteiger charge is -2.32. The number of esters is 1. The molecule has 1 aromatic heterocycles. The predicted molar refractivity (Wildman–Crippen MR) is 136 cm³/mol. The highest BCUT2D eigenvalue weighted by Crippen LogP contribution is 2.41. The van der Waals surface area contributed by atoms with Crippen molar-refractivity contribution in [3.05, 3.63) is 23.9 Å². The van der Waals surface area contributed by atoms with E-state index in [-0.39, 0.29) is 17.8 Å². The predicted octanol–water partition coefficient (Wildman–Crippen LogP) is 3.43. The molecule has 1 saturated heterocycles. The fourth-order valence-corrected chi connectivity index (χ4v) is 4.39. The van der Waals surface area contributed by atoms with E-state index < -0.39 is 0 Å². The van der Waals surface area contributed by atoms with Crippen molar-refractivity contribution in [3.8, 4) is 28.6 Å². The summed E-state index contributed by atoms with van der Waals surface area (Å²) in [5.41, 5.74) is 1.11. The van der Waals surface area contributed by atoms with Gasteiger partial charge in [0, 0.05) is 37.9 Å². The topological polar surface area (TPSA) is 103 Å². The highest BCUT2D eigenvalue weighted by Gasteiger charge is 2.31. The van der Waals surface area contributed by atoms with Crippen molar-refractivity contribution in [1.29, 1.82) is 0 Å². The summed E-state index contributed by atoms with van der Waals surface area (Å²) in [6.45, 7) is 8.51. The summed E-state index contributed by atoms with van der Waals surface area (Å²) in [7, 11) is 4.65. The van der Waals surface area contributed by atoms with Gasteiger partial charge in [-0.3, -0.25) is 9.59 Å². The van der Waals surface area contributed by atoms with Gasteiger partial charge in [0.15, 0.2) is 17.3 Å². The highest BCUT2D eigenvalue weighted by molar-refractivity contribution is 5.99. The van der Waals surface area contributed by atoms with Gasteiger partial charge in [-0.1, -0.05) is 0 Å². The van der Waals surface area contributed by atoms with Crippen LogP contribution in [0.3, 0.4) is 0 Å². The van der Waals surface area contributed by atoms with Gasteiger partial charge in [0.2, 0.25) is 5.75 Å². The molecule has 196 valence electrons. The molecule has 3 rings (SSSR count). The monoisotopic (exact) mass is 500 g/mol. The van der Waals surface area contributed by atoms with E-state index in [1.165, 1.54) is 0 Å². The van der Waals surface area contributed by atoms with Gasteiger partial charge in [-0.2, -0.15) is 0 Å². The third-order valence-electron chi connectivity index (χ3n) is 6.39. The molecule has 1 aromatic carbocycles. The van der Waals surface area contributed by atoms with E-state index in [0.717, 1.165) is 0 Å². The first-order valence-corrected chi connectivity index (χ1v) is 12.3. The zero-order valence-electron chi connectivity index (χ0n) is 22.0. The van der Waals surface area contributed by atoms with Crippen LogP contribution in [-0.2, 0) is 9.53 Å². The average molecular weight is 501 g/mol. The summed E-state index contributed by atoms with van der Waals surface area (Å²) in [5.74, 6) is 1.96. The lowest BCUT2D eigenvalue weighted by molar-refractivity contribution is -0.149. The van der Waals surface area contributed by atoms with Gasteiger partial charge in [0.05, 0.1) is 33.9 Å². The molecule has 0 aliphatic carbocycles. The molecule has 0 saturated carbocycles. The molecule has 0 unspecified atom stereocenters. The number of hydrogen-bond acceptors (Lipinski definition) is 9. The van der Waals surface area contributed by atoms with Gasteiger partial charge in [0.1, 0.15) is 11.4 Å². The molecule has 1 aliphatic rings. The Morgan fingerprint density at radius 3 is 2.11 bits per heavy atom. The van der Waals surface area contributed by atoms with E-state index in [4.69, 9.17) is 23.9 Å². The van der Waals surface area contributed by atoms with E-state index in [9.17, 15) is 9.59 Å². The average Bonchev–Trinajstić information content (AvgIpc) is 2.92. The van der Waals surface area contributed by atoms with Crippen LogP contribution >= 0.6 is 0 Å². The van der Waals surface area contributed by atoms with Crippen molar-refractivity contribution in [2.45, 2.75) is 33.6 Å². The Labute approximate surface area is 212 Å². The maximum Gasteiger partial charge on any atom is 0.309 e. The number of likely N-dealkylation sites (tertiary alicyclic amines) is 1. The summed E-state index contributed by atoms with van der Waals surface area (Å²) in [6.07, 6.45) is 2.74. The lowest BCUT2D eigenvalue weighted by Crippen LogP contribution is -2.41. The van der Waals surface area contributed by atoms with Gasteiger partial charge < -0.3 is 28.7 Å². The number of amides is 1. The van der Waals surface area contributed by atoms with Crippen molar-refractivity contribution in [2.24, 2.45) is 5.92 Å². The van der Waals surface area contributed by atoms with Gasteiger partial charge in [-0.05, 0) is 45.7 Å². The number of piperidine rings is 1. The quantitative estimate of drug-likeness (QED) is 0.454. The largest absolute Gasteiger partial charge is 0.493 e. The Kier molecular flexibility index (Phi) is 9.32. The number of carbonyl (C=O) groups excluding carboxylic acids is 2. The second-order valence-electron chi connectivity index (χ2n) is 8.34. The Morgan fingerprint density at radius 2 is 1.61 bits per heavy atom. The maximum absolute atomic E-state index is 13.5. The second-order valence-corrected chi connectivity index (χ2v) is 8.34. The smallest absolute Gasteiger partial charge is 0.309 e. The van der Waals surface area contributed by atoms with Crippen LogP contribution in [0.1, 0.15) is 44.0 Å². The SMILES string of the molecule is CCOC(=O)C1CCN(C(=O)c2cnc(-c3cc(OC)c(OC)c(OC)c3)nc2N(CC)CC)CC1. The Bertz CT molecular complexity index is 1040. The molecular formula is C26H36N4O6. The summed E-state index contributed by atoms with van der Waals surface area (Å²) < 4.78 is 21.5. The first-order chi connectivity index (χ1) is 17.4. The number of ether oxygens (including phenoxy) is 4. The van der Waals surface area contributed by atoms with Crippen LogP contribution in [0, 0.1) is 5.92 Å². The number of hydrogen-bond donors (Lipinski definition) is 0. The van der Waals surface area contributed by atoms with Crippen molar-refractivity contribution in [3.63, 3.8) is 0 Å². The number of anilines is 1. The van der Waals surface area contributed by atoms with Gasteiger partial charge in [-0.15, -0.1) is 0 Å². The normalized spacial score (nSPS) is 13.8. The summed E-state index contributed by atoms with van der Waals surface area (Å²) >= 11 is 0. The lowest BCUT2D eigenvalue weighted by atomic mass is 9.96. The zero-order chi connectivity index (χ0) is 26.2. The molecular weight excluding hydrogens is 464 g/mol. The van der Waals surface area contributed by atoms with Crippen LogP contribution in [0.25, 0.3) is 11.4 Å². The number of benzene rings is 1. The molecule has 1 amide bonds. The number of rotatable bonds is 10. The second kappa shape index (κ2) is 12.4. The maximum atomic E-state index is 13.5. The van der Waals surface area contributed by atoms with Crippen LogP contribution in [0.2, 0.25) is 0 Å². The number of carbonyl (C=O) groups is 2. The molecule has 1 fully saturated rings. The van der Waals surface area contributed by atoms with E-state index in [1.54, 1.807) is 51.5 Å². The van der Waals surface area contributed by atoms with Crippen LogP contribution in [-0.4, -0.2) is 80.9 Å². The fourth-order valence-electron chi connectivity index (χ4n) is 4.39. The molecule has 0 radical (unpaired) electrons. The first kappa shape index (κ1) is 27.0. The Balaban J connectivity index is 1.95. The molecule has 10 nitrogen and oxygen atoms in total. The van der Waals surface area contributed by atoms with Crippen LogP contribution in [0.15, 0.2) is 18.3 Å². The molecule has 0 N–H and O–H groups in total. The van der Waals surface area contributed by atoms with Crippen molar-refractivity contribution >= 4 is 17.7 Å². The molecule has 0 spiro atoms. The number of aromatic nitrogens is 2. The highest BCUT2D eigenvalue weighted by atomic mass is 16.5. The molecule has 0 bridgehead atoms. The number of nitrogens with zero attached hydrogens (tertiary/aromatic N) is 4. The van der Waals surface area contributed by atoms with Gasteiger partial charge >= 0.3 is 5.97 Å². The van der Waals surface area contributed by atoms with Crippen molar-refractivity contribution in [2.75, 3.05) is 59.0 Å². The summed E-state index contributed by atoms with van der Waals surface area (Å²) in [5, 5.41) is 0. The molecule has 36 heavy (non-hydrogen) atoms. The van der Waals surface area contributed by atoms with Crippen LogP contribution < -0.4 is 19.1 Å². The van der Waals surface area contributed by atoms with E-state index in [2.05, 4.69) is 4.98 Å². The third-order valence-corrected chi connectivity index (χ3v) is 6.39. The Hall–Kier alpha value is -3.56. The van der Waals surface area contributed by atoms with Crippen LogP contribution in [0.4, 0.5) is 5.82 Å². The summed E-state index contributed by atoms with van der Waals surface area (Å²) in [4.78, 5) is 38.8. The van der Waals surface area contributed by atoms with Gasteiger partial charge in [-0.25, -0.2) is 9.97 Å². The van der Waals surface area contributed by atoms with E-state index in [0.29, 0.717) is 85.6 Å². The molecule has 10 heteroatoms. The Morgan fingerprint density at radius 1 is 1.00 bits per heavy atom. The minimum absolute atomic E-state index is 0.143. The fraction of sp³-hybridized carbons (Fsp3) is 0.538. The third kappa shape index (κ3) is 5.63. The minimum Gasteiger partial charge on any atom is -0.493 e. The minimum atomic E-state index is -0.188. The molecule has 2 heterocycles. The molecule has 1 aliphatic heterocycles. The van der Waals surface area contributed by atoms with E-state index >= 15 is 0 Å². The van der Waals surface area contributed by atoms with Crippen molar-refractivity contribution in [1.82, 2.24) is 14.9 Å². The van der Waals surface area contributed by atoms with Gasteiger partial charge in [0.25, 0.3) is 5.91 Å². The standard InChI is InChI=1S/C26H36N4O6/c1-7-29(8-2)24-19(25(31)30-12-10-17(11-13-30)26(32)36-9-3)16-27-23(28-24)18-14-20(33-4)22(35-6)21(15-18)34-5/h14-17H,7-13H2,1-6H3. The van der Waals surface area contributed by atoms with Crippen LogP contribution in [0.5, 0.6) is 17.2 Å². The first-order valence-electron chi connectivity index (χ1n) is 12.3. The molecule has 2 aromatic rings. The number of methoxy groups -OCH3 is 3. The van der Waals surface area contributed by atoms with Crippen molar-refractivity contribution < 1.29 is 28.5 Å². The molecule has 0 atom stereocenters. The van der Waals surface area contributed by atoms with E-state index in [1.807, 2.05) is 18.7 Å². The summed E-state index contributed by atoms with van der Waals surface area (Å²) in [6, 6.07) is 3.56. The zero-order valence-corrected chi connectivity index (χ0v) is 22.0.